The molecule has 3 aromatic carbocycles. The Morgan fingerprint density at radius 2 is 1.65 bits per heavy atom. The molecule has 0 aliphatic heterocycles. The van der Waals surface area contributed by atoms with Gasteiger partial charge in [0.05, 0.1) is 28.9 Å². The van der Waals surface area contributed by atoms with Crippen LogP contribution in [0.25, 0.3) is 0 Å². The quantitative estimate of drug-likeness (QED) is 0.170. The Bertz CT molecular complexity index is 1270. The number of ether oxygens (including phenoxy) is 2. The highest BCUT2D eigenvalue weighted by Gasteiger charge is 2.15. The third kappa shape index (κ3) is 6.53. The number of hydrazone groups is 1. The number of carbonyl (C=O) groups is 3. The maximum absolute atomic E-state index is 12.9. The number of nitrogens with one attached hydrogen (secondary N) is 2. The number of esters is 1. The van der Waals surface area contributed by atoms with E-state index < -0.39 is 23.6 Å². The first-order chi connectivity index (χ1) is 16.3. The van der Waals surface area contributed by atoms with E-state index in [0.29, 0.717) is 10.6 Å². The molecule has 0 bridgehead atoms. The van der Waals surface area contributed by atoms with E-state index in [0.717, 1.165) is 12.1 Å². The summed E-state index contributed by atoms with van der Waals surface area (Å²) in [6, 6.07) is 13.8. The second-order valence-electron chi connectivity index (χ2n) is 6.59. The Hall–Kier alpha value is -3.95. The van der Waals surface area contributed by atoms with E-state index in [4.69, 9.17) is 32.7 Å². The largest absolute Gasteiger partial charge is 0.493 e. The van der Waals surface area contributed by atoms with E-state index in [1.807, 2.05) is 0 Å². The molecule has 0 unspecified atom stereocenters. The van der Waals surface area contributed by atoms with Crippen molar-refractivity contribution in [1.82, 2.24) is 5.43 Å². The number of amides is 2. The average molecular weight is 504 g/mol. The van der Waals surface area contributed by atoms with Gasteiger partial charge in [0.2, 0.25) is 0 Å². The summed E-state index contributed by atoms with van der Waals surface area (Å²) in [6.07, 6.45) is 1.26. The van der Waals surface area contributed by atoms with Gasteiger partial charge in [0.15, 0.2) is 11.5 Å². The molecule has 0 aromatic heterocycles. The van der Waals surface area contributed by atoms with Crippen molar-refractivity contribution >= 4 is 52.9 Å². The van der Waals surface area contributed by atoms with Crippen molar-refractivity contribution in [3.05, 3.63) is 87.7 Å². The number of halogens is 3. The van der Waals surface area contributed by atoms with Crippen molar-refractivity contribution in [3.63, 3.8) is 0 Å². The zero-order chi connectivity index (χ0) is 24.7. The fourth-order valence-corrected chi connectivity index (χ4v) is 2.87. The molecule has 2 amide bonds. The summed E-state index contributed by atoms with van der Waals surface area (Å²) in [4.78, 5) is 36.1. The molecule has 0 saturated heterocycles. The van der Waals surface area contributed by atoms with Gasteiger partial charge in [0.25, 0.3) is 0 Å². The maximum Gasteiger partial charge on any atom is 0.343 e. The third-order valence-corrected chi connectivity index (χ3v) is 4.97. The van der Waals surface area contributed by atoms with Crippen LogP contribution < -0.4 is 20.2 Å². The third-order valence-electron chi connectivity index (χ3n) is 4.23. The molecule has 174 valence electrons. The molecule has 0 atom stereocenters. The minimum Gasteiger partial charge on any atom is -0.493 e. The molecule has 2 N–H and O–H groups in total. The lowest BCUT2D eigenvalue weighted by Gasteiger charge is -2.10. The molecule has 0 aliphatic rings. The van der Waals surface area contributed by atoms with Gasteiger partial charge in [-0.15, -0.1) is 0 Å². The van der Waals surface area contributed by atoms with Crippen LogP contribution in [-0.2, 0) is 9.59 Å². The van der Waals surface area contributed by atoms with Crippen LogP contribution in [0.3, 0.4) is 0 Å². The summed E-state index contributed by atoms with van der Waals surface area (Å²) in [6.45, 7) is 0. The number of anilines is 1. The molecular formula is C23H16Cl2FN3O5. The summed E-state index contributed by atoms with van der Waals surface area (Å²) >= 11 is 11.8. The minimum absolute atomic E-state index is 0.137. The van der Waals surface area contributed by atoms with Crippen LogP contribution in [0.1, 0.15) is 15.9 Å². The first-order valence-corrected chi connectivity index (χ1v) is 10.3. The Morgan fingerprint density at radius 3 is 2.32 bits per heavy atom. The Kier molecular flexibility index (Phi) is 8.18. The van der Waals surface area contributed by atoms with Crippen molar-refractivity contribution in [2.24, 2.45) is 5.10 Å². The summed E-state index contributed by atoms with van der Waals surface area (Å²) in [7, 11) is 1.38. The first kappa shape index (κ1) is 24.7. The van der Waals surface area contributed by atoms with Crippen LogP contribution in [0.15, 0.2) is 65.8 Å². The molecule has 11 heteroatoms. The van der Waals surface area contributed by atoms with Crippen LogP contribution >= 0.6 is 23.2 Å². The van der Waals surface area contributed by atoms with Crippen LogP contribution in [0, 0.1) is 5.82 Å². The molecule has 0 radical (unpaired) electrons. The molecule has 34 heavy (non-hydrogen) atoms. The summed E-state index contributed by atoms with van der Waals surface area (Å²) in [5.41, 5.74) is 3.00. The van der Waals surface area contributed by atoms with E-state index in [-0.39, 0.29) is 27.8 Å². The highest BCUT2D eigenvalue weighted by molar-refractivity contribution is 6.42. The molecule has 0 heterocycles. The smallest absolute Gasteiger partial charge is 0.343 e. The van der Waals surface area contributed by atoms with Crippen LogP contribution in [0.5, 0.6) is 11.5 Å². The highest BCUT2D eigenvalue weighted by Crippen LogP contribution is 2.29. The number of hydrogen-bond donors (Lipinski definition) is 2. The second-order valence-corrected chi connectivity index (χ2v) is 7.40. The van der Waals surface area contributed by atoms with Gasteiger partial charge in [0.1, 0.15) is 5.82 Å². The van der Waals surface area contributed by atoms with Gasteiger partial charge in [-0.25, -0.2) is 14.6 Å². The SMILES string of the molecule is COc1cc(C=NNC(=O)C(=O)Nc2ccc(F)cc2)ccc1OC(=O)c1ccc(Cl)c(Cl)c1. The van der Waals surface area contributed by atoms with Crippen molar-refractivity contribution < 1.29 is 28.2 Å². The molecular weight excluding hydrogens is 488 g/mol. The predicted octanol–water partition coefficient (Wildman–Crippen LogP) is 4.45. The molecule has 3 aromatic rings. The summed E-state index contributed by atoms with van der Waals surface area (Å²) in [5.74, 6) is -2.79. The predicted molar refractivity (Wildman–Crippen MR) is 125 cm³/mol. The van der Waals surface area contributed by atoms with Crippen molar-refractivity contribution in [1.29, 1.82) is 0 Å². The van der Waals surface area contributed by atoms with Gasteiger partial charge in [-0.1, -0.05) is 23.2 Å². The molecule has 0 fully saturated rings. The first-order valence-electron chi connectivity index (χ1n) is 9.52. The second kappa shape index (κ2) is 11.3. The number of benzene rings is 3. The normalized spacial score (nSPS) is 10.6. The van der Waals surface area contributed by atoms with Gasteiger partial charge < -0.3 is 14.8 Å². The maximum atomic E-state index is 12.9. The van der Waals surface area contributed by atoms with E-state index >= 15 is 0 Å². The number of carbonyl (C=O) groups excluding carboxylic acids is 3. The van der Waals surface area contributed by atoms with E-state index in [9.17, 15) is 18.8 Å². The summed E-state index contributed by atoms with van der Waals surface area (Å²) in [5, 5.41) is 6.54. The standard InChI is InChI=1S/C23H16Cl2FN3O5/c1-33-20-10-13(2-9-19(20)34-23(32)14-3-8-17(24)18(25)11-14)12-27-29-22(31)21(30)28-16-6-4-15(26)5-7-16/h2-12H,1H3,(H,28,30)(H,29,31). The zero-order valence-electron chi connectivity index (χ0n) is 17.5. The lowest BCUT2D eigenvalue weighted by molar-refractivity contribution is -0.136. The van der Waals surface area contributed by atoms with Crippen LogP contribution in [-0.4, -0.2) is 31.1 Å². The van der Waals surface area contributed by atoms with E-state index in [2.05, 4.69) is 15.8 Å². The molecule has 3 rings (SSSR count). The fraction of sp³-hybridized carbons (Fsp3) is 0.0435. The van der Waals surface area contributed by atoms with Crippen molar-refractivity contribution in [2.45, 2.75) is 0 Å². The highest BCUT2D eigenvalue weighted by atomic mass is 35.5. The zero-order valence-corrected chi connectivity index (χ0v) is 19.0. The Morgan fingerprint density at radius 1 is 0.912 bits per heavy atom. The topological polar surface area (TPSA) is 106 Å². The van der Waals surface area contributed by atoms with Gasteiger partial charge in [-0.3, -0.25) is 9.59 Å². The van der Waals surface area contributed by atoms with Gasteiger partial charge in [0, 0.05) is 5.69 Å². The van der Waals surface area contributed by atoms with Crippen LogP contribution in [0.4, 0.5) is 10.1 Å². The minimum atomic E-state index is -1.03. The van der Waals surface area contributed by atoms with Crippen molar-refractivity contribution in [2.75, 3.05) is 12.4 Å². The van der Waals surface area contributed by atoms with Crippen molar-refractivity contribution in [3.8, 4) is 11.5 Å². The Balaban J connectivity index is 1.61. The number of nitrogens with zero attached hydrogens (tertiary/aromatic N) is 1. The molecule has 8 nitrogen and oxygen atoms in total. The lowest BCUT2D eigenvalue weighted by atomic mass is 10.2. The molecule has 0 saturated carbocycles. The molecule has 0 spiro atoms. The van der Waals surface area contributed by atoms with E-state index in [1.54, 1.807) is 6.07 Å². The van der Waals surface area contributed by atoms with E-state index in [1.165, 1.54) is 55.8 Å². The van der Waals surface area contributed by atoms with Gasteiger partial charge >= 0.3 is 17.8 Å². The molecule has 0 aliphatic carbocycles. The number of hydrogen-bond acceptors (Lipinski definition) is 6. The number of rotatable bonds is 6. The number of methoxy groups -OCH3 is 1. The van der Waals surface area contributed by atoms with Gasteiger partial charge in [-0.2, -0.15) is 5.10 Å². The fourth-order valence-electron chi connectivity index (χ4n) is 2.57. The average Bonchev–Trinajstić information content (AvgIpc) is 2.82. The van der Waals surface area contributed by atoms with Gasteiger partial charge in [-0.05, 0) is 66.2 Å². The monoisotopic (exact) mass is 503 g/mol. The summed E-state index contributed by atoms with van der Waals surface area (Å²) < 4.78 is 23.5. The van der Waals surface area contributed by atoms with Crippen LogP contribution in [0.2, 0.25) is 10.0 Å². The Labute approximate surface area is 203 Å². The lowest BCUT2D eigenvalue weighted by Crippen LogP contribution is -2.32.